The van der Waals surface area contributed by atoms with Gasteiger partial charge in [0.15, 0.2) is 0 Å². The van der Waals surface area contributed by atoms with Crippen molar-refractivity contribution in [3.8, 4) is 0 Å². The third kappa shape index (κ3) is 4.45. The van der Waals surface area contributed by atoms with Gasteiger partial charge in [0.25, 0.3) is 0 Å². The molecule has 0 spiro atoms. The van der Waals surface area contributed by atoms with Crippen LogP contribution in [0.1, 0.15) is 17.9 Å². The van der Waals surface area contributed by atoms with Crippen LogP contribution in [0.15, 0.2) is 30.3 Å². The van der Waals surface area contributed by atoms with Gasteiger partial charge in [-0.2, -0.15) is 11.8 Å². The van der Waals surface area contributed by atoms with Crippen molar-refractivity contribution in [1.82, 2.24) is 5.32 Å². The van der Waals surface area contributed by atoms with Crippen LogP contribution in [-0.2, 0) is 4.79 Å². The highest BCUT2D eigenvalue weighted by atomic mass is 35.5. The SMILES string of the molecule is CCSCCNC(=O)C(Cl)c1ccccc1. The zero-order valence-electron chi connectivity index (χ0n) is 9.28. The Morgan fingerprint density at radius 3 is 2.75 bits per heavy atom. The number of nitrogens with one attached hydrogen (secondary N) is 1. The molecule has 0 aliphatic rings. The number of halogens is 1. The highest BCUT2D eigenvalue weighted by Crippen LogP contribution is 2.19. The van der Waals surface area contributed by atoms with Crippen molar-refractivity contribution < 1.29 is 4.79 Å². The van der Waals surface area contributed by atoms with Gasteiger partial charge in [-0.1, -0.05) is 37.3 Å². The number of amides is 1. The van der Waals surface area contributed by atoms with E-state index in [4.69, 9.17) is 11.6 Å². The third-order valence-corrected chi connectivity index (χ3v) is 3.42. The highest BCUT2D eigenvalue weighted by molar-refractivity contribution is 7.99. The van der Waals surface area contributed by atoms with E-state index in [1.807, 2.05) is 30.3 Å². The van der Waals surface area contributed by atoms with Crippen molar-refractivity contribution in [3.05, 3.63) is 35.9 Å². The Morgan fingerprint density at radius 1 is 1.44 bits per heavy atom. The molecule has 0 fully saturated rings. The summed E-state index contributed by atoms with van der Waals surface area (Å²) >= 11 is 7.85. The van der Waals surface area contributed by atoms with Gasteiger partial charge < -0.3 is 5.32 Å². The summed E-state index contributed by atoms with van der Waals surface area (Å²) in [4.78, 5) is 11.7. The van der Waals surface area contributed by atoms with E-state index in [9.17, 15) is 4.79 Å². The van der Waals surface area contributed by atoms with E-state index in [1.165, 1.54) is 0 Å². The number of thioether (sulfide) groups is 1. The lowest BCUT2D eigenvalue weighted by Gasteiger charge is -2.10. The number of carbonyl (C=O) groups excluding carboxylic acids is 1. The molecule has 0 heterocycles. The molecule has 2 nitrogen and oxygen atoms in total. The highest BCUT2D eigenvalue weighted by Gasteiger charge is 2.16. The van der Waals surface area contributed by atoms with Gasteiger partial charge in [-0.05, 0) is 11.3 Å². The largest absolute Gasteiger partial charge is 0.354 e. The molecule has 1 atom stereocenters. The molecule has 0 saturated carbocycles. The predicted octanol–water partition coefficient (Wildman–Crippen LogP) is 2.84. The van der Waals surface area contributed by atoms with E-state index >= 15 is 0 Å². The Kier molecular flexibility index (Phi) is 6.34. The topological polar surface area (TPSA) is 29.1 Å². The van der Waals surface area contributed by atoms with Crippen molar-refractivity contribution in [1.29, 1.82) is 0 Å². The first-order chi connectivity index (χ1) is 7.75. The maximum atomic E-state index is 11.7. The van der Waals surface area contributed by atoms with Crippen LogP contribution in [0.2, 0.25) is 0 Å². The fourth-order valence-electron chi connectivity index (χ4n) is 1.25. The third-order valence-electron chi connectivity index (χ3n) is 2.07. The molecule has 4 heteroatoms. The number of hydrogen-bond donors (Lipinski definition) is 1. The van der Waals surface area contributed by atoms with Crippen LogP contribution < -0.4 is 5.32 Å². The Morgan fingerprint density at radius 2 is 2.12 bits per heavy atom. The van der Waals surface area contributed by atoms with Gasteiger partial charge in [-0.3, -0.25) is 4.79 Å². The minimum atomic E-state index is -0.590. The Balaban J connectivity index is 2.37. The van der Waals surface area contributed by atoms with Gasteiger partial charge >= 0.3 is 0 Å². The lowest BCUT2D eigenvalue weighted by atomic mass is 10.1. The molecule has 0 bridgehead atoms. The van der Waals surface area contributed by atoms with Crippen LogP contribution in [-0.4, -0.2) is 24.0 Å². The minimum absolute atomic E-state index is 0.121. The molecule has 0 saturated heterocycles. The monoisotopic (exact) mass is 257 g/mol. The Bertz CT molecular complexity index is 318. The molecule has 1 amide bonds. The zero-order valence-corrected chi connectivity index (χ0v) is 10.9. The van der Waals surface area contributed by atoms with Gasteiger partial charge in [0.05, 0.1) is 0 Å². The standard InChI is InChI=1S/C12H16ClNOS/c1-2-16-9-8-14-12(15)11(13)10-6-4-3-5-7-10/h3-7,11H,2,8-9H2,1H3,(H,14,15). The molecule has 1 rings (SSSR count). The van der Waals surface area contributed by atoms with Crippen LogP contribution in [0.5, 0.6) is 0 Å². The number of rotatable bonds is 6. The first-order valence-electron chi connectivity index (χ1n) is 5.30. The first kappa shape index (κ1) is 13.4. The van der Waals surface area contributed by atoms with Crippen LogP contribution in [0, 0.1) is 0 Å². The second-order valence-electron chi connectivity index (χ2n) is 3.26. The van der Waals surface area contributed by atoms with Crippen LogP contribution in [0.3, 0.4) is 0 Å². The van der Waals surface area contributed by atoms with Gasteiger partial charge in [0.2, 0.25) is 5.91 Å². The summed E-state index contributed by atoms with van der Waals surface area (Å²) in [6, 6.07) is 9.38. The molecular weight excluding hydrogens is 242 g/mol. The molecule has 0 aromatic heterocycles. The lowest BCUT2D eigenvalue weighted by molar-refractivity contribution is -0.120. The molecule has 1 N–H and O–H groups in total. The van der Waals surface area contributed by atoms with Crippen molar-refractivity contribution in [2.45, 2.75) is 12.3 Å². The molecule has 16 heavy (non-hydrogen) atoms. The van der Waals surface area contributed by atoms with E-state index in [-0.39, 0.29) is 5.91 Å². The van der Waals surface area contributed by atoms with Gasteiger partial charge in [0, 0.05) is 12.3 Å². The summed E-state index contributed by atoms with van der Waals surface area (Å²) in [6.07, 6.45) is 0. The summed E-state index contributed by atoms with van der Waals surface area (Å²) in [6.45, 7) is 2.77. The van der Waals surface area contributed by atoms with Crippen LogP contribution in [0.25, 0.3) is 0 Å². The summed E-state index contributed by atoms with van der Waals surface area (Å²) < 4.78 is 0. The molecule has 88 valence electrons. The van der Waals surface area contributed by atoms with Gasteiger partial charge in [0.1, 0.15) is 5.38 Å². The van der Waals surface area contributed by atoms with E-state index in [1.54, 1.807) is 11.8 Å². The lowest BCUT2D eigenvalue weighted by Crippen LogP contribution is -2.29. The predicted molar refractivity (Wildman–Crippen MR) is 71.0 cm³/mol. The van der Waals surface area contributed by atoms with Crippen molar-refractivity contribution in [2.75, 3.05) is 18.1 Å². The number of benzene rings is 1. The summed E-state index contributed by atoms with van der Waals surface area (Å²) in [5.41, 5.74) is 0.838. The normalized spacial score (nSPS) is 12.1. The summed E-state index contributed by atoms with van der Waals surface area (Å²) in [5.74, 6) is 1.88. The number of carbonyl (C=O) groups is 1. The average Bonchev–Trinajstić information content (AvgIpc) is 2.34. The quantitative estimate of drug-likeness (QED) is 0.627. The summed E-state index contributed by atoms with van der Waals surface area (Å²) in [5, 5.41) is 2.23. The zero-order chi connectivity index (χ0) is 11.8. The van der Waals surface area contributed by atoms with Crippen LogP contribution >= 0.6 is 23.4 Å². The Hall–Kier alpha value is -0.670. The molecule has 1 unspecified atom stereocenters. The average molecular weight is 258 g/mol. The minimum Gasteiger partial charge on any atom is -0.354 e. The van der Waals surface area contributed by atoms with Gasteiger partial charge in [-0.25, -0.2) is 0 Å². The number of alkyl halides is 1. The summed E-state index contributed by atoms with van der Waals surface area (Å²) in [7, 11) is 0. The molecule has 0 aliphatic carbocycles. The molecule has 0 radical (unpaired) electrons. The fraction of sp³-hybridized carbons (Fsp3) is 0.417. The van der Waals surface area contributed by atoms with Crippen molar-refractivity contribution in [2.24, 2.45) is 0 Å². The van der Waals surface area contributed by atoms with E-state index in [0.29, 0.717) is 6.54 Å². The van der Waals surface area contributed by atoms with E-state index in [0.717, 1.165) is 17.1 Å². The van der Waals surface area contributed by atoms with Crippen LogP contribution in [0.4, 0.5) is 0 Å². The molecular formula is C12H16ClNOS. The van der Waals surface area contributed by atoms with Crippen molar-refractivity contribution >= 4 is 29.3 Å². The van der Waals surface area contributed by atoms with Crippen molar-refractivity contribution in [3.63, 3.8) is 0 Å². The van der Waals surface area contributed by atoms with E-state index in [2.05, 4.69) is 12.2 Å². The van der Waals surface area contributed by atoms with Gasteiger partial charge in [-0.15, -0.1) is 11.6 Å². The fourth-order valence-corrected chi connectivity index (χ4v) is 2.01. The molecule has 1 aromatic carbocycles. The maximum Gasteiger partial charge on any atom is 0.242 e. The second-order valence-corrected chi connectivity index (χ2v) is 5.09. The maximum absolute atomic E-state index is 11.7. The molecule has 0 aliphatic heterocycles. The molecule has 1 aromatic rings. The first-order valence-corrected chi connectivity index (χ1v) is 6.89. The number of hydrogen-bond acceptors (Lipinski definition) is 2. The second kappa shape index (κ2) is 7.58. The Labute approximate surface area is 106 Å². The smallest absolute Gasteiger partial charge is 0.242 e. The van der Waals surface area contributed by atoms with E-state index < -0.39 is 5.38 Å².